The molecule has 27 heavy (non-hydrogen) atoms. The molecular formula is C19H15BrN4O2S. The number of aromatic nitrogens is 3. The van der Waals surface area contributed by atoms with E-state index >= 15 is 0 Å². The van der Waals surface area contributed by atoms with E-state index in [1.54, 1.807) is 48.7 Å². The summed E-state index contributed by atoms with van der Waals surface area (Å²) in [4.78, 5) is 9.01. The second kappa shape index (κ2) is 6.79. The van der Waals surface area contributed by atoms with Crippen molar-refractivity contribution in [2.75, 3.05) is 4.72 Å². The Morgan fingerprint density at radius 3 is 2.59 bits per heavy atom. The van der Waals surface area contributed by atoms with Crippen LogP contribution >= 0.6 is 15.9 Å². The van der Waals surface area contributed by atoms with E-state index < -0.39 is 10.0 Å². The van der Waals surface area contributed by atoms with Gasteiger partial charge in [0.1, 0.15) is 0 Å². The van der Waals surface area contributed by atoms with E-state index in [9.17, 15) is 8.42 Å². The maximum Gasteiger partial charge on any atom is 0.261 e. The van der Waals surface area contributed by atoms with Gasteiger partial charge < -0.3 is 0 Å². The van der Waals surface area contributed by atoms with Crippen LogP contribution < -0.4 is 4.72 Å². The predicted octanol–water partition coefficient (Wildman–Crippen LogP) is 4.27. The molecule has 136 valence electrons. The number of aryl methyl sites for hydroxylation is 1. The number of nitrogens with one attached hydrogen (secondary N) is 1. The predicted molar refractivity (Wildman–Crippen MR) is 108 cm³/mol. The van der Waals surface area contributed by atoms with Crippen molar-refractivity contribution in [1.29, 1.82) is 0 Å². The third kappa shape index (κ3) is 3.45. The summed E-state index contributed by atoms with van der Waals surface area (Å²) in [6.07, 6.45) is 3.59. The van der Waals surface area contributed by atoms with Gasteiger partial charge in [0.15, 0.2) is 0 Å². The van der Waals surface area contributed by atoms with Crippen LogP contribution in [-0.4, -0.2) is 22.8 Å². The minimum atomic E-state index is -3.67. The molecular weight excluding hydrogens is 428 g/mol. The first-order valence-corrected chi connectivity index (χ1v) is 10.4. The molecule has 0 saturated heterocycles. The number of imidazole rings is 1. The van der Waals surface area contributed by atoms with Crippen LogP contribution in [0.1, 0.15) is 5.69 Å². The van der Waals surface area contributed by atoms with Crippen LogP contribution in [0, 0.1) is 6.92 Å². The molecule has 0 fully saturated rings. The van der Waals surface area contributed by atoms with Crippen molar-refractivity contribution < 1.29 is 8.42 Å². The summed E-state index contributed by atoms with van der Waals surface area (Å²) in [6.45, 7) is 1.95. The summed E-state index contributed by atoms with van der Waals surface area (Å²) in [7, 11) is -3.67. The fourth-order valence-electron chi connectivity index (χ4n) is 2.83. The fourth-order valence-corrected chi connectivity index (χ4v) is 4.15. The molecule has 4 rings (SSSR count). The third-order valence-electron chi connectivity index (χ3n) is 4.15. The lowest BCUT2D eigenvalue weighted by Gasteiger charge is -2.09. The lowest BCUT2D eigenvalue weighted by molar-refractivity contribution is 0.601. The summed E-state index contributed by atoms with van der Waals surface area (Å²) in [5.74, 6) is 0.603. The monoisotopic (exact) mass is 442 g/mol. The standard InChI is InChI=1S/C19H15BrN4O2S/c1-13-18(22-19-21-10-3-11-24(13)19)14-4-2-5-16(12-14)23-27(25,26)17-8-6-15(20)7-9-17/h2-12,23H,1H3. The van der Waals surface area contributed by atoms with Crippen molar-refractivity contribution in [3.8, 4) is 11.3 Å². The number of sulfonamides is 1. The highest BCUT2D eigenvalue weighted by molar-refractivity contribution is 9.10. The summed E-state index contributed by atoms with van der Waals surface area (Å²) in [5, 5.41) is 0. The van der Waals surface area contributed by atoms with E-state index in [0.29, 0.717) is 11.5 Å². The second-order valence-electron chi connectivity index (χ2n) is 5.98. The number of fused-ring (bicyclic) bond motifs is 1. The molecule has 0 atom stereocenters. The molecule has 0 aliphatic carbocycles. The van der Waals surface area contributed by atoms with Gasteiger partial charge in [-0.1, -0.05) is 28.1 Å². The maximum absolute atomic E-state index is 12.6. The number of rotatable bonds is 4. The largest absolute Gasteiger partial charge is 0.288 e. The molecule has 0 aliphatic heterocycles. The summed E-state index contributed by atoms with van der Waals surface area (Å²) >= 11 is 3.31. The molecule has 6 nitrogen and oxygen atoms in total. The van der Waals surface area contributed by atoms with Gasteiger partial charge in [0.2, 0.25) is 5.78 Å². The molecule has 8 heteroatoms. The number of nitrogens with zero attached hydrogens (tertiary/aromatic N) is 3. The maximum atomic E-state index is 12.6. The minimum absolute atomic E-state index is 0.198. The van der Waals surface area contributed by atoms with Crippen molar-refractivity contribution in [3.05, 3.63) is 77.2 Å². The molecule has 0 radical (unpaired) electrons. The number of halogens is 1. The Balaban J connectivity index is 1.70. The van der Waals surface area contributed by atoms with Crippen LogP contribution in [-0.2, 0) is 10.0 Å². The van der Waals surface area contributed by atoms with Crippen LogP contribution in [0.4, 0.5) is 5.69 Å². The zero-order chi connectivity index (χ0) is 19.0. The number of hydrogen-bond donors (Lipinski definition) is 1. The van der Waals surface area contributed by atoms with Gasteiger partial charge in [0.25, 0.3) is 10.0 Å². The Kier molecular flexibility index (Phi) is 4.45. The molecule has 0 unspecified atom stereocenters. The number of benzene rings is 2. The van der Waals surface area contributed by atoms with Gasteiger partial charge in [0.05, 0.1) is 10.6 Å². The number of hydrogen-bond acceptors (Lipinski definition) is 4. The zero-order valence-electron chi connectivity index (χ0n) is 14.3. The topological polar surface area (TPSA) is 76.4 Å². The van der Waals surface area contributed by atoms with Gasteiger partial charge in [0, 0.05) is 33.8 Å². The van der Waals surface area contributed by atoms with Gasteiger partial charge in [-0.2, -0.15) is 0 Å². The summed E-state index contributed by atoms with van der Waals surface area (Å²) in [5.41, 5.74) is 2.98. The Bertz CT molecular complexity index is 1230. The highest BCUT2D eigenvalue weighted by atomic mass is 79.9. The average Bonchev–Trinajstić information content (AvgIpc) is 2.99. The first-order valence-electron chi connectivity index (χ1n) is 8.12. The van der Waals surface area contributed by atoms with Gasteiger partial charge in [-0.05, 0) is 49.4 Å². The highest BCUT2D eigenvalue weighted by Crippen LogP contribution is 2.27. The second-order valence-corrected chi connectivity index (χ2v) is 8.57. The molecule has 0 amide bonds. The van der Waals surface area contributed by atoms with Crippen molar-refractivity contribution >= 4 is 37.4 Å². The van der Waals surface area contributed by atoms with Crippen LogP contribution in [0.25, 0.3) is 17.0 Å². The Hall–Kier alpha value is -2.71. The minimum Gasteiger partial charge on any atom is -0.288 e. The lowest BCUT2D eigenvalue weighted by Crippen LogP contribution is -2.12. The van der Waals surface area contributed by atoms with Crippen molar-refractivity contribution in [2.24, 2.45) is 0 Å². The normalized spacial score (nSPS) is 11.6. The quantitative estimate of drug-likeness (QED) is 0.511. The number of anilines is 1. The van der Waals surface area contributed by atoms with Crippen LogP contribution in [0.2, 0.25) is 0 Å². The molecule has 2 aromatic heterocycles. The summed E-state index contributed by atoms with van der Waals surface area (Å²) < 4.78 is 30.6. The Morgan fingerprint density at radius 1 is 1.07 bits per heavy atom. The van der Waals surface area contributed by atoms with Crippen molar-refractivity contribution in [2.45, 2.75) is 11.8 Å². The zero-order valence-corrected chi connectivity index (χ0v) is 16.7. The van der Waals surface area contributed by atoms with E-state index in [1.807, 2.05) is 29.7 Å². The van der Waals surface area contributed by atoms with E-state index in [-0.39, 0.29) is 4.90 Å². The molecule has 2 heterocycles. The van der Waals surface area contributed by atoms with E-state index in [1.165, 1.54) is 0 Å². The van der Waals surface area contributed by atoms with Crippen LogP contribution in [0.3, 0.4) is 0 Å². The Labute approximate surface area is 165 Å². The SMILES string of the molecule is Cc1c(-c2cccc(NS(=O)(=O)c3ccc(Br)cc3)c2)nc2ncccn12. The van der Waals surface area contributed by atoms with Crippen molar-refractivity contribution in [1.82, 2.24) is 14.4 Å². The molecule has 1 N–H and O–H groups in total. The molecule has 0 bridgehead atoms. The smallest absolute Gasteiger partial charge is 0.261 e. The van der Waals surface area contributed by atoms with Gasteiger partial charge in [-0.15, -0.1) is 0 Å². The van der Waals surface area contributed by atoms with Gasteiger partial charge in [-0.3, -0.25) is 9.12 Å². The van der Waals surface area contributed by atoms with E-state index in [4.69, 9.17) is 0 Å². The lowest BCUT2D eigenvalue weighted by atomic mass is 10.1. The Morgan fingerprint density at radius 2 is 1.85 bits per heavy atom. The molecule has 0 spiro atoms. The molecule has 0 aliphatic rings. The van der Waals surface area contributed by atoms with E-state index in [0.717, 1.165) is 21.4 Å². The summed E-state index contributed by atoms with van der Waals surface area (Å²) in [6, 6.07) is 15.5. The van der Waals surface area contributed by atoms with Gasteiger partial charge >= 0.3 is 0 Å². The van der Waals surface area contributed by atoms with Gasteiger partial charge in [-0.25, -0.2) is 18.4 Å². The molecule has 4 aromatic rings. The molecule has 2 aromatic carbocycles. The fraction of sp³-hybridized carbons (Fsp3) is 0.0526. The first kappa shape index (κ1) is 17.7. The third-order valence-corrected chi connectivity index (χ3v) is 6.08. The van der Waals surface area contributed by atoms with Crippen molar-refractivity contribution in [3.63, 3.8) is 0 Å². The average molecular weight is 443 g/mol. The molecule has 0 saturated carbocycles. The highest BCUT2D eigenvalue weighted by Gasteiger charge is 2.16. The van der Waals surface area contributed by atoms with E-state index in [2.05, 4.69) is 30.6 Å². The van der Waals surface area contributed by atoms with Crippen LogP contribution in [0.15, 0.2) is 76.4 Å². The first-order chi connectivity index (χ1) is 12.9. The van der Waals surface area contributed by atoms with Crippen LogP contribution in [0.5, 0.6) is 0 Å².